The van der Waals surface area contributed by atoms with Crippen LogP contribution in [-0.2, 0) is 20.9 Å². The van der Waals surface area contributed by atoms with Gasteiger partial charge in [-0.25, -0.2) is 0 Å². The first-order chi connectivity index (χ1) is 11.7. The zero-order chi connectivity index (χ0) is 16.9. The second-order valence-electron chi connectivity index (χ2n) is 6.41. The minimum atomic E-state index is 0.0282. The fourth-order valence-corrected chi connectivity index (χ4v) is 3.50. The van der Waals surface area contributed by atoms with Gasteiger partial charge in [0.25, 0.3) is 5.89 Å². The minimum absolute atomic E-state index is 0.0282. The number of amides is 1. The third-order valence-corrected chi connectivity index (χ3v) is 4.82. The van der Waals surface area contributed by atoms with Gasteiger partial charge in [0, 0.05) is 32.2 Å². The first-order valence-electron chi connectivity index (χ1n) is 8.64. The van der Waals surface area contributed by atoms with E-state index in [9.17, 15) is 4.79 Å². The molecule has 2 aliphatic heterocycles. The predicted molar refractivity (Wildman–Crippen MR) is 85.2 cm³/mol. The summed E-state index contributed by atoms with van der Waals surface area (Å²) in [5.41, 5.74) is 0. The Balaban J connectivity index is 1.48. The van der Waals surface area contributed by atoms with Gasteiger partial charge < -0.3 is 18.9 Å². The standard InChI is InChI=1S/C16H26N4O4/c1-3-13-8-20(9-14(13)19-4-6-22-7-5-19)16(21)11-23-10-15-17-12(2)18-24-15/h13-14H,3-11H2,1-2H3/t13-,14-/m1/s1. The van der Waals surface area contributed by atoms with Gasteiger partial charge in [-0.2, -0.15) is 4.98 Å². The molecular formula is C16H26N4O4. The summed E-state index contributed by atoms with van der Waals surface area (Å²) in [5, 5.41) is 3.70. The largest absolute Gasteiger partial charge is 0.379 e. The predicted octanol–water partition coefficient (Wildman–Crippen LogP) is 0.464. The van der Waals surface area contributed by atoms with E-state index in [4.69, 9.17) is 14.0 Å². The summed E-state index contributed by atoms with van der Waals surface area (Å²) >= 11 is 0. The number of carbonyl (C=O) groups is 1. The van der Waals surface area contributed by atoms with Gasteiger partial charge in [-0.05, 0) is 12.8 Å². The molecule has 0 N–H and O–H groups in total. The second-order valence-corrected chi connectivity index (χ2v) is 6.41. The molecule has 0 bridgehead atoms. The SMILES string of the molecule is CC[C@@H]1CN(C(=O)COCc2nc(C)no2)C[C@H]1N1CCOCC1. The molecule has 2 saturated heterocycles. The maximum Gasteiger partial charge on any atom is 0.252 e. The normalized spacial score (nSPS) is 25.3. The van der Waals surface area contributed by atoms with Gasteiger partial charge in [-0.15, -0.1) is 0 Å². The van der Waals surface area contributed by atoms with Crippen molar-refractivity contribution < 1.29 is 18.8 Å². The molecule has 24 heavy (non-hydrogen) atoms. The van der Waals surface area contributed by atoms with E-state index in [1.807, 2.05) is 4.90 Å². The van der Waals surface area contributed by atoms with Crippen LogP contribution in [-0.4, -0.2) is 77.9 Å². The molecule has 0 aromatic carbocycles. The first kappa shape index (κ1) is 17.3. The number of carbonyl (C=O) groups excluding carboxylic acids is 1. The highest BCUT2D eigenvalue weighted by molar-refractivity contribution is 5.77. The van der Waals surface area contributed by atoms with Crippen molar-refractivity contribution in [3.63, 3.8) is 0 Å². The van der Waals surface area contributed by atoms with Crippen molar-refractivity contribution >= 4 is 5.91 Å². The van der Waals surface area contributed by atoms with Gasteiger partial charge in [0.1, 0.15) is 13.2 Å². The zero-order valence-electron chi connectivity index (χ0n) is 14.4. The molecule has 1 amide bonds. The van der Waals surface area contributed by atoms with Crippen LogP contribution in [0.15, 0.2) is 4.52 Å². The Morgan fingerprint density at radius 3 is 2.79 bits per heavy atom. The Kier molecular flexibility index (Phi) is 5.80. The number of likely N-dealkylation sites (tertiary alicyclic amines) is 1. The Labute approximate surface area is 142 Å². The minimum Gasteiger partial charge on any atom is -0.379 e. The van der Waals surface area contributed by atoms with Gasteiger partial charge in [-0.3, -0.25) is 9.69 Å². The monoisotopic (exact) mass is 338 g/mol. The molecule has 0 aliphatic carbocycles. The van der Waals surface area contributed by atoms with E-state index in [2.05, 4.69) is 22.0 Å². The van der Waals surface area contributed by atoms with Crippen molar-refractivity contribution in [1.29, 1.82) is 0 Å². The van der Waals surface area contributed by atoms with Crippen LogP contribution in [0.1, 0.15) is 25.1 Å². The molecular weight excluding hydrogens is 312 g/mol. The molecule has 0 radical (unpaired) electrons. The Morgan fingerprint density at radius 2 is 2.12 bits per heavy atom. The van der Waals surface area contributed by atoms with Crippen molar-refractivity contribution in [2.45, 2.75) is 32.9 Å². The van der Waals surface area contributed by atoms with Crippen molar-refractivity contribution in [2.75, 3.05) is 46.0 Å². The maximum atomic E-state index is 12.4. The van der Waals surface area contributed by atoms with Crippen LogP contribution in [0.3, 0.4) is 0 Å². The first-order valence-corrected chi connectivity index (χ1v) is 8.64. The summed E-state index contributed by atoms with van der Waals surface area (Å²) < 4.78 is 15.8. The van der Waals surface area contributed by atoms with E-state index in [1.54, 1.807) is 6.92 Å². The smallest absolute Gasteiger partial charge is 0.252 e. The molecule has 2 atom stereocenters. The van der Waals surface area contributed by atoms with E-state index in [0.717, 1.165) is 45.8 Å². The lowest BCUT2D eigenvalue weighted by Crippen LogP contribution is -2.47. The van der Waals surface area contributed by atoms with Gasteiger partial charge in [-0.1, -0.05) is 18.5 Å². The highest BCUT2D eigenvalue weighted by Gasteiger charge is 2.37. The molecule has 0 unspecified atom stereocenters. The van der Waals surface area contributed by atoms with Crippen LogP contribution < -0.4 is 0 Å². The maximum absolute atomic E-state index is 12.4. The van der Waals surface area contributed by atoms with Crippen molar-refractivity contribution in [2.24, 2.45) is 5.92 Å². The molecule has 3 heterocycles. The van der Waals surface area contributed by atoms with Gasteiger partial charge in [0.2, 0.25) is 5.91 Å². The summed E-state index contributed by atoms with van der Waals surface area (Å²) in [6, 6.07) is 0.432. The molecule has 3 rings (SSSR count). The number of aryl methyl sites for hydroxylation is 1. The van der Waals surface area contributed by atoms with Crippen LogP contribution in [0.25, 0.3) is 0 Å². The third kappa shape index (κ3) is 4.12. The number of hydrogen-bond acceptors (Lipinski definition) is 7. The second kappa shape index (κ2) is 8.04. The summed E-state index contributed by atoms with van der Waals surface area (Å²) in [4.78, 5) is 20.9. The Bertz CT molecular complexity index is 544. The Hall–Kier alpha value is -1.51. The van der Waals surface area contributed by atoms with Crippen molar-refractivity contribution in [3.05, 3.63) is 11.7 Å². The molecule has 0 saturated carbocycles. The number of aromatic nitrogens is 2. The molecule has 134 valence electrons. The molecule has 0 spiro atoms. The molecule has 2 fully saturated rings. The van der Waals surface area contributed by atoms with Crippen LogP contribution in [0.4, 0.5) is 0 Å². The number of ether oxygens (including phenoxy) is 2. The number of hydrogen-bond donors (Lipinski definition) is 0. The molecule has 8 heteroatoms. The molecule has 8 nitrogen and oxygen atoms in total. The van der Waals surface area contributed by atoms with Crippen LogP contribution >= 0.6 is 0 Å². The van der Waals surface area contributed by atoms with Crippen LogP contribution in [0.2, 0.25) is 0 Å². The number of morpholine rings is 1. The van der Waals surface area contributed by atoms with Crippen LogP contribution in [0, 0.1) is 12.8 Å². The molecule has 2 aliphatic rings. The number of nitrogens with zero attached hydrogens (tertiary/aromatic N) is 4. The average Bonchev–Trinajstić information content (AvgIpc) is 3.22. The molecule has 1 aromatic rings. The zero-order valence-corrected chi connectivity index (χ0v) is 14.4. The highest BCUT2D eigenvalue weighted by Crippen LogP contribution is 2.25. The summed E-state index contributed by atoms with van der Waals surface area (Å²) in [6.45, 7) is 9.23. The lowest BCUT2D eigenvalue weighted by molar-refractivity contribution is -0.136. The van der Waals surface area contributed by atoms with Gasteiger partial charge >= 0.3 is 0 Å². The van der Waals surface area contributed by atoms with E-state index in [0.29, 0.717) is 23.7 Å². The summed E-state index contributed by atoms with van der Waals surface area (Å²) in [5.74, 6) is 1.52. The topological polar surface area (TPSA) is 80.9 Å². The van der Waals surface area contributed by atoms with Crippen LogP contribution in [0.5, 0.6) is 0 Å². The highest BCUT2D eigenvalue weighted by atomic mass is 16.5. The van der Waals surface area contributed by atoms with E-state index in [-0.39, 0.29) is 19.1 Å². The average molecular weight is 338 g/mol. The summed E-state index contributed by atoms with van der Waals surface area (Å²) in [7, 11) is 0. The lowest BCUT2D eigenvalue weighted by atomic mass is 9.99. The van der Waals surface area contributed by atoms with Crippen molar-refractivity contribution in [1.82, 2.24) is 19.9 Å². The number of rotatable bonds is 6. The fourth-order valence-electron chi connectivity index (χ4n) is 3.50. The Morgan fingerprint density at radius 1 is 1.33 bits per heavy atom. The third-order valence-electron chi connectivity index (χ3n) is 4.82. The van der Waals surface area contributed by atoms with E-state index < -0.39 is 0 Å². The summed E-state index contributed by atoms with van der Waals surface area (Å²) in [6.07, 6.45) is 1.08. The fraction of sp³-hybridized carbons (Fsp3) is 0.812. The quantitative estimate of drug-likeness (QED) is 0.745. The van der Waals surface area contributed by atoms with E-state index in [1.165, 1.54) is 0 Å². The van der Waals surface area contributed by atoms with Gasteiger partial charge in [0.15, 0.2) is 5.82 Å². The van der Waals surface area contributed by atoms with E-state index >= 15 is 0 Å². The van der Waals surface area contributed by atoms with Gasteiger partial charge in [0.05, 0.1) is 13.2 Å². The lowest BCUT2D eigenvalue weighted by Gasteiger charge is -2.34. The molecule has 1 aromatic heterocycles. The van der Waals surface area contributed by atoms with Crippen molar-refractivity contribution in [3.8, 4) is 0 Å².